The zero-order valence-electron chi connectivity index (χ0n) is 10.6. The molecule has 0 spiro atoms. The van der Waals surface area contributed by atoms with E-state index in [9.17, 15) is 4.79 Å². The minimum Gasteiger partial charge on any atom is -0.469 e. The number of nitrogens with zero attached hydrogens (tertiary/aromatic N) is 1. The first-order valence-corrected chi connectivity index (χ1v) is 6.07. The molecule has 1 aliphatic rings. The minimum absolute atomic E-state index is 0.139. The highest BCUT2D eigenvalue weighted by Gasteiger charge is 2.26. The second-order valence-electron chi connectivity index (χ2n) is 5.09. The fraction of sp³-hybridized carbons (Fsp3) is 0.917. The van der Waals surface area contributed by atoms with E-state index in [0.29, 0.717) is 18.3 Å². The van der Waals surface area contributed by atoms with Gasteiger partial charge < -0.3 is 15.4 Å². The number of esters is 1. The SMILES string of the molecule is COC(=O)CCN1CC(N)CC(C(C)C)C1. The molecule has 1 saturated heterocycles. The lowest BCUT2D eigenvalue weighted by molar-refractivity contribution is -0.141. The van der Waals surface area contributed by atoms with Crippen LogP contribution in [0.3, 0.4) is 0 Å². The molecule has 1 rings (SSSR count). The number of hydrogen-bond donors (Lipinski definition) is 1. The van der Waals surface area contributed by atoms with E-state index in [1.165, 1.54) is 7.11 Å². The summed E-state index contributed by atoms with van der Waals surface area (Å²) in [7, 11) is 1.43. The Morgan fingerprint density at radius 1 is 1.50 bits per heavy atom. The first-order valence-electron chi connectivity index (χ1n) is 6.07. The third kappa shape index (κ3) is 4.10. The molecule has 0 saturated carbocycles. The summed E-state index contributed by atoms with van der Waals surface area (Å²) in [5.41, 5.74) is 6.03. The summed E-state index contributed by atoms with van der Waals surface area (Å²) in [5.74, 6) is 1.17. The number of likely N-dealkylation sites (tertiary alicyclic amines) is 1. The van der Waals surface area contributed by atoms with Crippen molar-refractivity contribution in [3.63, 3.8) is 0 Å². The van der Waals surface area contributed by atoms with E-state index in [2.05, 4.69) is 23.5 Å². The number of ether oxygens (including phenoxy) is 1. The van der Waals surface area contributed by atoms with Crippen LogP contribution >= 0.6 is 0 Å². The predicted octanol–water partition coefficient (Wildman–Crippen LogP) is 0.855. The molecule has 0 bridgehead atoms. The van der Waals surface area contributed by atoms with Gasteiger partial charge in [0.15, 0.2) is 0 Å². The molecule has 0 aromatic heterocycles. The normalized spacial score (nSPS) is 27.1. The Kier molecular flexibility index (Phi) is 5.22. The van der Waals surface area contributed by atoms with Crippen LogP contribution in [0.2, 0.25) is 0 Å². The summed E-state index contributed by atoms with van der Waals surface area (Å²) < 4.78 is 4.65. The van der Waals surface area contributed by atoms with Crippen molar-refractivity contribution in [2.45, 2.75) is 32.7 Å². The Bertz CT molecular complexity index is 231. The number of piperidine rings is 1. The number of nitrogens with two attached hydrogens (primary N) is 1. The molecule has 0 amide bonds. The van der Waals surface area contributed by atoms with Crippen molar-refractivity contribution in [1.82, 2.24) is 4.90 Å². The van der Waals surface area contributed by atoms with Crippen LogP contribution in [0.4, 0.5) is 0 Å². The second-order valence-corrected chi connectivity index (χ2v) is 5.09. The molecule has 94 valence electrons. The molecule has 2 atom stereocenters. The maximum Gasteiger partial charge on any atom is 0.306 e. The molecule has 0 radical (unpaired) electrons. The number of rotatable bonds is 4. The van der Waals surface area contributed by atoms with Crippen molar-refractivity contribution >= 4 is 5.97 Å². The lowest BCUT2D eigenvalue weighted by atomic mass is 9.86. The Morgan fingerprint density at radius 2 is 2.19 bits per heavy atom. The van der Waals surface area contributed by atoms with Crippen molar-refractivity contribution in [2.24, 2.45) is 17.6 Å². The van der Waals surface area contributed by atoms with Gasteiger partial charge >= 0.3 is 5.97 Å². The molecule has 4 heteroatoms. The molecule has 2 N–H and O–H groups in total. The van der Waals surface area contributed by atoms with Gasteiger partial charge in [0.2, 0.25) is 0 Å². The van der Waals surface area contributed by atoms with Gasteiger partial charge in [0.05, 0.1) is 13.5 Å². The Balaban J connectivity index is 2.38. The number of hydrogen-bond acceptors (Lipinski definition) is 4. The molecule has 2 unspecified atom stereocenters. The van der Waals surface area contributed by atoms with Crippen molar-refractivity contribution < 1.29 is 9.53 Å². The molecule has 0 aromatic rings. The monoisotopic (exact) mass is 228 g/mol. The van der Waals surface area contributed by atoms with Crippen LogP contribution in [-0.2, 0) is 9.53 Å². The van der Waals surface area contributed by atoms with Crippen LogP contribution in [0.1, 0.15) is 26.7 Å². The molecular weight excluding hydrogens is 204 g/mol. The highest BCUT2D eigenvalue weighted by Crippen LogP contribution is 2.22. The topological polar surface area (TPSA) is 55.6 Å². The van der Waals surface area contributed by atoms with E-state index < -0.39 is 0 Å². The lowest BCUT2D eigenvalue weighted by Crippen LogP contribution is -2.48. The largest absolute Gasteiger partial charge is 0.469 e. The molecule has 4 nitrogen and oxygen atoms in total. The van der Waals surface area contributed by atoms with Crippen LogP contribution in [-0.4, -0.2) is 43.7 Å². The van der Waals surface area contributed by atoms with E-state index in [-0.39, 0.29) is 12.0 Å². The summed E-state index contributed by atoms with van der Waals surface area (Å²) in [5, 5.41) is 0. The molecule has 1 heterocycles. The van der Waals surface area contributed by atoms with Gasteiger partial charge in [-0.05, 0) is 18.3 Å². The number of carbonyl (C=O) groups excluding carboxylic acids is 1. The molecular formula is C12H24N2O2. The molecule has 0 aromatic carbocycles. The van der Waals surface area contributed by atoms with E-state index in [1.54, 1.807) is 0 Å². The average Bonchev–Trinajstić information content (AvgIpc) is 2.25. The number of carbonyl (C=O) groups is 1. The standard InChI is InChI=1S/C12H24N2O2/c1-9(2)10-6-11(13)8-14(7-10)5-4-12(15)16-3/h9-11H,4-8,13H2,1-3H3. The molecule has 1 fully saturated rings. The Hall–Kier alpha value is -0.610. The fourth-order valence-corrected chi connectivity index (χ4v) is 2.29. The first-order chi connectivity index (χ1) is 7.52. The first kappa shape index (κ1) is 13.5. The van der Waals surface area contributed by atoms with Crippen molar-refractivity contribution in [3.8, 4) is 0 Å². The van der Waals surface area contributed by atoms with Crippen LogP contribution < -0.4 is 5.73 Å². The van der Waals surface area contributed by atoms with E-state index in [4.69, 9.17) is 5.73 Å². The van der Waals surface area contributed by atoms with Gasteiger partial charge in [-0.25, -0.2) is 0 Å². The van der Waals surface area contributed by atoms with Crippen molar-refractivity contribution in [2.75, 3.05) is 26.7 Å². The van der Waals surface area contributed by atoms with Gasteiger partial charge in [0.1, 0.15) is 0 Å². The minimum atomic E-state index is -0.139. The third-order valence-electron chi connectivity index (χ3n) is 3.39. The molecule has 1 aliphatic heterocycles. The highest BCUT2D eigenvalue weighted by molar-refractivity contribution is 5.69. The summed E-state index contributed by atoms with van der Waals surface area (Å²) in [6.45, 7) is 7.20. The Morgan fingerprint density at radius 3 is 2.75 bits per heavy atom. The highest BCUT2D eigenvalue weighted by atomic mass is 16.5. The fourth-order valence-electron chi connectivity index (χ4n) is 2.29. The van der Waals surface area contributed by atoms with Gasteiger partial charge in [0.25, 0.3) is 0 Å². The number of methoxy groups -OCH3 is 1. The summed E-state index contributed by atoms with van der Waals surface area (Å²) >= 11 is 0. The third-order valence-corrected chi connectivity index (χ3v) is 3.39. The summed E-state index contributed by atoms with van der Waals surface area (Å²) in [6, 6.07) is 0.249. The average molecular weight is 228 g/mol. The smallest absolute Gasteiger partial charge is 0.306 e. The van der Waals surface area contributed by atoms with E-state index in [1.807, 2.05) is 0 Å². The molecule has 16 heavy (non-hydrogen) atoms. The van der Waals surface area contributed by atoms with Gasteiger partial charge in [-0.2, -0.15) is 0 Å². The van der Waals surface area contributed by atoms with E-state index >= 15 is 0 Å². The summed E-state index contributed by atoms with van der Waals surface area (Å²) in [4.78, 5) is 13.4. The van der Waals surface area contributed by atoms with Crippen LogP contribution in [0.5, 0.6) is 0 Å². The van der Waals surface area contributed by atoms with Crippen LogP contribution in [0, 0.1) is 11.8 Å². The van der Waals surface area contributed by atoms with Crippen LogP contribution in [0.15, 0.2) is 0 Å². The Labute approximate surface area is 98.1 Å². The maximum absolute atomic E-state index is 11.1. The van der Waals surface area contributed by atoms with Crippen molar-refractivity contribution in [1.29, 1.82) is 0 Å². The lowest BCUT2D eigenvalue weighted by Gasteiger charge is -2.38. The van der Waals surface area contributed by atoms with Crippen molar-refractivity contribution in [3.05, 3.63) is 0 Å². The zero-order chi connectivity index (χ0) is 12.1. The van der Waals surface area contributed by atoms with Crippen LogP contribution in [0.25, 0.3) is 0 Å². The zero-order valence-corrected chi connectivity index (χ0v) is 10.6. The maximum atomic E-state index is 11.1. The van der Waals surface area contributed by atoms with Gasteiger partial charge in [-0.1, -0.05) is 13.8 Å². The van der Waals surface area contributed by atoms with E-state index in [0.717, 1.165) is 26.1 Å². The quantitative estimate of drug-likeness (QED) is 0.725. The van der Waals surface area contributed by atoms with Gasteiger partial charge in [0, 0.05) is 25.7 Å². The molecule has 0 aliphatic carbocycles. The predicted molar refractivity (Wildman–Crippen MR) is 64.0 cm³/mol. The second kappa shape index (κ2) is 6.21. The van der Waals surface area contributed by atoms with Gasteiger partial charge in [-0.15, -0.1) is 0 Å². The van der Waals surface area contributed by atoms with Gasteiger partial charge in [-0.3, -0.25) is 4.79 Å². The summed E-state index contributed by atoms with van der Waals surface area (Å²) in [6.07, 6.45) is 1.57.